The molecule has 0 saturated carbocycles. The van der Waals surface area contributed by atoms with Crippen LogP contribution in [0.15, 0.2) is 39.7 Å². The summed E-state index contributed by atoms with van der Waals surface area (Å²) in [5.41, 5.74) is 1.83. The molecule has 0 unspecified atom stereocenters. The van der Waals surface area contributed by atoms with E-state index in [1.165, 1.54) is 0 Å². The van der Waals surface area contributed by atoms with E-state index in [9.17, 15) is 0 Å². The molecule has 2 rings (SSSR count). The van der Waals surface area contributed by atoms with E-state index < -0.39 is 0 Å². The molecular weight excluding hydrogens is 226 g/mol. The summed E-state index contributed by atoms with van der Waals surface area (Å²) in [7, 11) is 0. The van der Waals surface area contributed by atoms with Gasteiger partial charge in [0.25, 0.3) is 0 Å². The molecule has 0 atom stereocenters. The molecule has 3 heteroatoms. The van der Waals surface area contributed by atoms with Crippen LogP contribution in [0.1, 0.15) is 24.0 Å². The first-order valence-electron chi connectivity index (χ1n) is 6.03. The Morgan fingerprint density at radius 2 is 2.06 bits per heavy atom. The lowest BCUT2D eigenvalue weighted by molar-refractivity contribution is 0.341. The van der Waals surface area contributed by atoms with Gasteiger partial charge in [-0.3, -0.25) is 4.99 Å². The van der Waals surface area contributed by atoms with E-state index in [2.05, 4.69) is 4.99 Å². The van der Waals surface area contributed by atoms with Crippen LogP contribution in [-0.4, -0.2) is 12.8 Å². The highest BCUT2D eigenvalue weighted by Gasteiger charge is 2.03. The normalized spacial score (nSPS) is 11.1. The molecule has 0 bridgehead atoms. The number of para-hydroxylation sites is 2. The summed E-state index contributed by atoms with van der Waals surface area (Å²) in [5.74, 6) is 2.58. The zero-order valence-electron chi connectivity index (χ0n) is 10.9. The van der Waals surface area contributed by atoms with Crippen molar-refractivity contribution in [1.29, 1.82) is 0 Å². The summed E-state index contributed by atoms with van der Waals surface area (Å²) < 4.78 is 11.0. The summed E-state index contributed by atoms with van der Waals surface area (Å²) in [6.07, 6.45) is 1.81. The summed E-state index contributed by atoms with van der Waals surface area (Å²) in [6.45, 7) is 6.46. The van der Waals surface area contributed by atoms with E-state index in [1.807, 2.05) is 57.3 Å². The van der Waals surface area contributed by atoms with E-state index in [-0.39, 0.29) is 0 Å². The molecule has 1 heterocycles. The Kier molecular flexibility index (Phi) is 3.82. The van der Waals surface area contributed by atoms with Crippen molar-refractivity contribution in [3.05, 3.63) is 47.4 Å². The molecule has 0 amide bonds. The lowest BCUT2D eigenvalue weighted by Crippen LogP contribution is -1.91. The maximum Gasteiger partial charge on any atom is 0.144 e. The van der Waals surface area contributed by atoms with Gasteiger partial charge in [-0.2, -0.15) is 0 Å². The molecule has 0 aliphatic heterocycles. The molecule has 0 saturated heterocycles. The zero-order chi connectivity index (χ0) is 13.0. The quantitative estimate of drug-likeness (QED) is 0.759. The van der Waals surface area contributed by atoms with Gasteiger partial charge in [0.1, 0.15) is 23.0 Å². The second-order valence-electron chi connectivity index (χ2n) is 4.03. The van der Waals surface area contributed by atoms with Crippen LogP contribution in [0.2, 0.25) is 0 Å². The van der Waals surface area contributed by atoms with Crippen molar-refractivity contribution >= 4 is 11.9 Å². The fourth-order valence-electron chi connectivity index (χ4n) is 1.76. The number of aryl methyl sites for hydroxylation is 2. The van der Waals surface area contributed by atoms with E-state index in [1.54, 1.807) is 0 Å². The predicted molar refractivity (Wildman–Crippen MR) is 73.0 cm³/mol. The Hall–Kier alpha value is -2.03. The van der Waals surface area contributed by atoms with Gasteiger partial charge < -0.3 is 9.15 Å². The fraction of sp³-hybridized carbons (Fsp3) is 0.267. The van der Waals surface area contributed by atoms with Gasteiger partial charge in [0.2, 0.25) is 0 Å². The largest absolute Gasteiger partial charge is 0.492 e. The van der Waals surface area contributed by atoms with Crippen molar-refractivity contribution < 1.29 is 9.15 Å². The SMILES string of the molecule is CCOc1ccccc1N=Cc1cc(C)oc1C. The second kappa shape index (κ2) is 5.54. The Morgan fingerprint density at radius 3 is 2.72 bits per heavy atom. The minimum Gasteiger partial charge on any atom is -0.492 e. The van der Waals surface area contributed by atoms with Gasteiger partial charge in [-0.1, -0.05) is 12.1 Å². The standard InChI is InChI=1S/C15H17NO2/c1-4-17-15-8-6-5-7-14(15)16-10-13-9-11(2)18-12(13)3/h5-10H,4H2,1-3H3. The summed E-state index contributed by atoms with van der Waals surface area (Å²) in [5, 5.41) is 0. The first kappa shape index (κ1) is 12.4. The third-order valence-electron chi connectivity index (χ3n) is 2.59. The molecule has 3 nitrogen and oxygen atoms in total. The van der Waals surface area contributed by atoms with Crippen LogP contribution in [0, 0.1) is 13.8 Å². The topological polar surface area (TPSA) is 34.7 Å². The van der Waals surface area contributed by atoms with Crippen LogP contribution in [0.3, 0.4) is 0 Å². The van der Waals surface area contributed by atoms with Crippen LogP contribution in [0.4, 0.5) is 5.69 Å². The molecule has 18 heavy (non-hydrogen) atoms. The van der Waals surface area contributed by atoms with Gasteiger partial charge >= 0.3 is 0 Å². The molecule has 1 aromatic heterocycles. The van der Waals surface area contributed by atoms with Crippen molar-refractivity contribution in [2.45, 2.75) is 20.8 Å². The number of rotatable bonds is 4. The molecule has 0 radical (unpaired) electrons. The zero-order valence-corrected chi connectivity index (χ0v) is 10.9. The molecule has 0 aliphatic rings. The van der Waals surface area contributed by atoms with Crippen molar-refractivity contribution in [3.8, 4) is 5.75 Å². The van der Waals surface area contributed by atoms with Crippen LogP contribution in [-0.2, 0) is 0 Å². The van der Waals surface area contributed by atoms with Crippen LogP contribution >= 0.6 is 0 Å². The van der Waals surface area contributed by atoms with Crippen molar-refractivity contribution in [2.75, 3.05) is 6.61 Å². The second-order valence-corrected chi connectivity index (χ2v) is 4.03. The number of aliphatic imine (C=N–C) groups is 1. The Morgan fingerprint density at radius 1 is 1.28 bits per heavy atom. The maximum atomic E-state index is 5.52. The first-order chi connectivity index (χ1) is 8.70. The molecule has 0 aliphatic carbocycles. The molecule has 1 aromatic carbocycles. The average molecular weight is 243 g/mol. The van der Waals surface area contributed by atoms with Crippen LogP contribution < -0.4 is 4.74 Å². The average Bonchev–Trinajstić information content (AvgIpc) is 2.67. The van der Waals surface area contributed by atoms with Crippen molar-refractivity contribution in [3.63, 3.8) is 0 Å². The fourth-order valence-corrected chi connectivity index (χ4v) is 1.76. The van der Waals surface area contributed by atoms with Gasteiger partial charge in [0, 0.05) is 11.8 Å². The van der Waals surface area contributed by atoms with E-state index in [4.69, 9.17) is 9.15 Å². The Labute approximate surface area is 107 Å². The minimum atomic E-state index is 0.635. The molecule has 94 valence electrons. The maximum absolute atomic E-state index is 5.52. The number of ether oxygens (including phenoxy) is 1. The van der Waals surface area contributed by atoms with E-state index in [0.717, 1.165) is 28.5 Å². The molecule has 2 aromatic rings. The van der Waals surface area contributed by atoms with Gasteiger partial charge in [-0.25, -0.2) is 0 Å². The minimum absolute atomic E-state index is 0.635. The van der Waals surface area contributed by atoms with Gasteiger partial charge in [0.05, 0.1) is 6.61 Å². The lowest BCUT2D eigenvalue weighted by atomic mass is 10.2. The van der Waals surface area contributed by atoms with E-state index in [0.29, 0.717) is 6.61 Å². The van der Waals surface area contributed by atoms with Crippen LogP contribution in [0.5, 0.6) is 5.75 Å². The summed E-state index contributed by atoms with van der Waals surface area (Å²) in [4.78, 5) is 4.46. The monoisotopic (exact) mass is 243 g/mol. The van der Waals surface area contributed by atoms with Gasteiger partial charge in [-0.05, 0) is 39.0 Å². The molecule has 0 N–H and O–H groups in total. The highest BCUT2D eigenvalue weighted by molar-refractivity contribution is 5.83. The van der Waals surface area contributed by atoms with Crippen molar-refractivity contribution in [2.24, 2.45) is 4.99 Å². The highest BCUT2D eigenvalue weighted by atomic mass is 16.5. The third kappa shape index (κ3) is 2.80. The van der Waals surface area contributed by atoms with Crippen LogP contribution in [0.25, 0.3) is 0 Å². The van der Waals surface area contributed by atoms with Gasteiger partial charge in [0.15, 0.2) is 0 Å². The Bertz CT molecular complexity index is 555. The molecule has 0 spiro atoms. The number of hydrogen-bond acceptors (Lipinski definition) is 3. The molecular formula is C15H17NO2. The molecule has 0 fully saturated rings. The third-order valence-corrected chi connectivity index (χ3v) is 2.59. The Balaban J connectivity index is 2.25. The summed E-state index contributed by atoms with van der Waals surface area (Å²) >= 11 is 0. The van der Waals surface area contributed by atoms with E-state index >= 15 is 0 Å². The highest BCUT2D eigenvalue weighted by Crippen LogP contribution is 2.26. The summed E-state index contributed by atoms with van der Waals surface area (Å²) in [6, 6.07) is 9.72. The van der Waals surface area contributed by atoms with Crippen molar-refractivity contribution in [1.82, 2.24) is 0 Å². The number of hydrogen-bond donors (Lipinski definition) is 0. The predicted octanol–water partition coefficient (Wildman–Crippen LogP) is 4.05. The van der Waals surface area contributed by atoms with Gasteiger partial charge in [-0.15, -0.1) is 0 Å². The number of nitrogens with zero attached hydrogens (tertiary/aromatic N) is 1. The first-order valence-corrected chi connectivity index (χ1v) is 6.03. The number of benzene rings is 1. The smallest absolute Gasteiger partial charge is 0.144 e. The lowest BCUT2D eigenvalue weighted by Gasteiger charge is -2.05. The number of furan rings is 1.